The van der Waals surface area contributed by atoms with Crippen LogP contribution in [0, 0.1) is 23.7 Å². The summed E-state index contributed by atoms with van der Waals surface area (Å²) in [6, 6.07) is 79.1. The van der Waals surface area contributed by atoms with Crippen LogP contribution in [0.3, 0.4) is 0 Å². The second-order valence-electron chi connectivity index (χ2n) is 18.1. The van der Waals surface area contributed by atoms with E-state index in [-0.39, 0.29) is 5.41 Å². The molecule has 296 valence electrons. The Kier molecular flexibility index (Phi) is 8.74. The van der Waals surface area contributed by atoms with Gasteiger partial charge in [-0.3, -0.25) is 0 Å². The first-order valence-electron chi connectivity index (χ1n) is 22.3. The highest BCUT2D eigenvalue weighted by atomic mass is 28.3. The third-order valence-corrected chi connectivity index (χ3v) is 19.9. The molecule has 0 atom stereocenters. The third kappa shape index (κ3) is 5.74. The molecule has 4 saturated carbocycles. The fourth-order valence-corrected chi connectivity index (χ4v) is 17.6. The summed E-state index contributed by atoms with van der Waals surface area (Å²) in [6.45, 7) is 0. The predicted octanol–water partition coefficient (Wildman–Crippen LogP) is 12.0. The normalized spacial score (nSPS) is 22.0. The minimum absolute atomic E-state index is 0.00599. The molecule has 8 aromatic rings. The van der Waals surface area contributed by atoms with E-state index < -0.39 is 8.07 Å². The highest BCUT2D eigenvalue weighted by Gasteiger charge is 2.61. The minimum atomic E-state index is -2.59. The van der Waals surface area contributed by atoms with Crippen molar-refractivity contribution in [1.29, 1.82) is 0 Å². The van der Waals surface area contributed by atoms with Gasteiger partial charge in [0.05, 0.1) is 0 Å². The lowest BCUT2D eigenvalue weighted by molar-refractivity contribution is -0.0452. The first-order chi connectivity index (χ1) is 30.2. The molecule has 1 spiro atoms. The van der Waals surface area contributed by atoms with Crippen LogP contribution in [0.25, 0.3) is 11.1 Å². The summed E-state index contributed by atoms with van der Waals surface area (Å²) in [5.74, 6) is 5.17. The average Bonchev–Trinajstić information content (AvgIpc) is 3.32. The second-order valence-corrected chi connectivity index (χ2v) is 21.9. The lowest BCUT2D eigenvalue weighted by atomic mass is 9.42. The van der Waals surface area contributed by atoms with Gasteiger partial charge >= 0.3 is 0 Å². The maximum absolute atomic E-state index is 6.81. The van der Waals surface area contributed by atoms with Crippen molar-refractivity contribution < 1.29 is 4.74 Å². The first-order valence-corrected chi connectivity index (χ1v) is 24.3. The van der Waals surface area contributed by atoms with Crippen LogP contribution in [0.5, 0.6) is 11.5 Å². The average molecular weight is 804 g/mol. The zero-order valence-corrected chi connectivity index (χ0v) is 35.4. The molecule has 0 saturated heterocycles. The fourth-order valence-electron chi connectivity index (χ4n) is 12.8. The van der Waals surface area contributed by atoms with Crippen molar-refractivity contribution in [3.8, 4) is 22.6 Å². The maximum atomic E-state index is 6.81. The molecule has 0 amide bonds. The van der Waals surface area contributed by atoms with E-state index in [0.717, 1.165) is 34.7 Å². The Morgan fingerprint density at radius 3 is 1.36 bits per heavy atom. The highest BCUT2D eigenvalue weighted by Crippen LogP contribution is 2.69. The Labute approximate surface area is 361 Å². The third-order valence-electron chi connectivity index (χ3n) is 15.1. The molecule has 3 heteroatoms. The Morgan fingerprint density at radius 1 is 0.377 bits per heavy atom. The minimum Gasteiger partial charge on any atom is -0.457 e. The van der Waals surface area contributed by atoms with Crippen molar-refractivity contribution in [3.05, 3.63) is 223 Å². The fraction of sp³-hybridized carbons (Fsp3) is 0.172. The molecule has 0 N–H and O–H groups in total. The van der Waals surface area contributed by atoms with Crippen molar-refractivity contribution in [3.63, 3.8) is 0 Å². The Balaban J connectivity index is 0.934. The number of fused-ring (bicyclic) bond motifs is 2. The van der Waals surface area contributed by atoms with Crippen LogP contribution in [0.2, 0.25) is 0 Å². The number of para-hydroxylation sites is 2. The second kappa shape index (κ2) is 14.6. The van der Waals surface area contributed by atoms with Crippen LogP contribution < -0.4 is 30.4 Å². The van der Waals surface area contributed by atoms with E-state index in [1.165, 1.54) is 80.8 Å². The highest BCUT2D eigenvalue weighted by molar-refractivity contribution is 7.19. The van der Waals surface area contributed by atoms with Crippen LogP contribution in [-0.2, 0) is 5.41 Å². The van der Waals surface area contributed by atoms with E-state index in [0.29, 0.717) is 11.8 Å². The van der Waals surface area contributed by atoms with Crippen LogP contribution in [0.1, 0.15) is 43.2 Å². The van der Waals surface area contributed by atoms with E-state index in [1.807, 2.05) is 0 Å². The molecule has 0 radical (unpaired) electrons. The Morgan fingerprint density at radius 2 is 0.803 bits per heavy atom. The standard InChI is InChI=1S/C58H49NOSi/c1-5-15-47(16-6-1)59(49-31-34-57-55(40-49)58(54-23-13-14-24-56(54)60-57)45-36-41-35-42(38-45)39-46(58)37-41)48-29-25-43(26-30-48)44-27-32-53(33-28-44)61(50-17-7-2-8-18-50,51-19-9-3-10-20-51)52-21-11-4-12-22-52/h1-34,40-42,45-46H,35-39H2. The molecule has 1 heterocycles. The van der Waals surface area contributed by atoms with Gasteiger partial charge in [0.15, 0.2) is 8.07 Å². The van der Waals surface area contributed by atoms with Gasteiger partial charge in [0.2, 0.25) is 0 Å². The van der Waals surface area contributed by atoms with Gasteiger partial charge in [0.25, 0.3) is 0 Å². The molecule has 4 bridgehead atoms. The molecular formula is C58H49NOSi. The van der Waals surface area contributed by atoms with Crippen LogP contribution >= 0.6 is 0 Å². The number of ether oxygens (including phenoxy) is 1. The van der Waals surface area contributed by atoms with Gasteiger partial charge in [0, 0.05) is 33.6 Å². The van der Waals surface area contributed by atoms with Gasteiger partial charge in [-0.15, -0.1) is 0 Å². The Bertz CT molecular complexity index is 2700. The van der Waals surface area contributed by atoms with E-state index >= 15 is 0 Å². The number of rotatable bonds is 8. The number of hydrogen-bond donors (Lipinski definition) is 0. The summed E-state index contributed by atoms with van der Waals surface area (Å²) >= 11 is 0. The summed E-state index contributed by atoms with van der Waals surface area (Å²) < 4.78 is 6.81. The molecule has 0 unspecified atom stereocenters. The SMILES string of the molecule is c1ccc(N(c2ccc(-c3ccc([Si](c4ccccc4)(c4ccccc4)c4ccccc4)cc3)cc2)c2ccc3c(c2)C2(c4ccccc4O3)C3CC4CC(C3)CC2C4)cc1. The van der Waals surface area contributed by atoms with E-state index in [4.69, 9.17) is 4.74 Å². The summed E-state index contributed by atoms with van der Waals surface area (Å²) in [5, 5.41) is 5.54. The van der Waals surface area contributed by atoms with Crippen LogP contribution in [0.15, 0.2) is 212 Å². The number of benzene rings is 8. The van der Waals surface area contributed by atoms with Gasteiger partial charge < -0.3 is 9.64 Å². The van der Waals surface area contributed by atoms with E-state index in [2.05, 4.69) is 217 Å². The van der Waals surface area contributed by atoms with Gasteiger partial charge in [0.1, 0.15) is 11.5 Å². The molecule has 4 fully saturated rings. The van der Waals surface area contributed by atoms with Crippen LogP contribution in [-0.4, -0.2) is 8.07 Å². The molecule has 8 aromatic carbocycles. The van der Waals surface area contributed by atoms with Gasteiger partial charge in [-0.2, -0.15) is 0 Å². The summed E-state index contributed by atoms with van der Waals surface area (Å²) in [7, 11) is -2.59. The molecule has 2 nitrogen and oxygen atoms in total. The van der Waals surface area contributed by atoms with Gasteiger partial charge in [-0.25, -0.2) is 0 Å². The monoisotopic (exact) mass is 803 g/mol. The summed E-state index contributed by atoms with van der Waals surface area (Å²) in [6.07, 6.45) is 6.79. The zero-order chi connectivity index (χ0) is 40.4. The molecule has 0 aromatic heterocycles. The van der Waals surface area contributed by atoms with Crippen molar-refractivity contribution in [2.75, 3.05) is 4.90 Å². The van der Waals surface area contributed by atoms with Gasteiger partial charge in [-0.1, -0.05) is 164 Å². The largest absolute Gasteiger partial charge is 0.457 e. The number of anilines is 3. The van der Waals surface area contributed by atoms with Crippen molar-refractivity contribution >= 4 is 45.9 Å². The molecule has 61 heavy (non-hydrogen) atoms. The van der Waals surface area contributed by atoms with E-state index in [1.54, 1.807) is 0 Å². The van der Waals surface area contributed by atoms with E-state index in [9.17, 15) is 0 Å². The summed E-state index contributed by atoms with van der Waals surface area (Å²) in [5.41, 5.74) is 8.72. The summed E-state index contributed by atoms with van der Waals surface area (Å²) in [4.78, 5) is 2.44. The lowest BCUT2D eigenvalue weighted by Gasteiger charge is -2.63. The first kappa shape index (κ1) is 36.4. The molecular weight excluding hydrogens is 755 g/mol. The molecule has 4 aliphatic carbocycles. The van der Waals surface area contributed by atoms with Crippen molar-refractivity contribution in [1.82, 2.24) is 0 Å². The van der Waals surface area contributed by atoms with Gasteiger partial charge in [-0.05, 0) is 136 Å². The maximum Gasteiger partial charge on any atom is 0.179 e. The quantitative estimate of drug-likeness (QED) is 0.112. The lowest BCUT2D eigenvalue weighted by Crippen LogP contribution is -2.74. The number of nitrogens with zero attached hydrogens (tertiary/aromatic N) is 1. The van der Waals surface area contributed by atoms with Crippen molar-refractivity contribution in [2.45, 2.75) is 37.5 Å². The number of hydrogen-bond acceptors (Lipinski definition) is 2. The topological polar surface area (TPSA) is 12.5 Å². The zero-order valence-electron chi connectivity index (χ0n) is 34.4. The van der Waals surface area contributed by atoms with Crippen molar-refractivity contribution in [2.24, 2.45) is 23.7 Å². The predicted molar refractivity (Wildman–Crippen MR) is 255 cm³/mol. The molecule has 1 aliphatic heterocycles. The van der Waals surface area contributed by atoms with Crippen LogP contribution in [0.4, 0.5) is 17.1 Å². The Hall–Kier alpha value is -6.42. The molecule has 13 rings (SSSR count). The smallest absolute Gasteiger partial charge is 0.179 e. The molecule has 5 aliphatic rings.